The minimum absolute atomic E-state index is 0.00654. The van der Waals surface area contributed by atoms with E-state index >= 15 is 0 Å². The lowest BCUT2D eigenvalue weighted by atomic mass is 10.3. The fraction of sp³-hybridized carbons (Fsp3) is 0.571. The summed E-state index contributed by atoms with van der Waals surface area (Å²) in [5.41, 5.74) is 0. The van der Waals surface area contributed by atoms with Crippen LogP contribution in [0.3, 0.4) is 0 Å². The Hall–Kier alpha value is -1.56. The van der Waals surface area contributed by atoms with Crippen molar-refractivity contribution in [2.45, 2.75) is 13.3 Å². The Balaban J connectivity index is 2.54. The predicted molar refractivity (Wildman–Crippen MR) is 85.3 cm³/mol. The maximum absolute atomic E-state index is 11.6. The number of carbonyl (C=O) groups is 1. The van der Waals surface area contributed by atoms with Crippen LogP contribution in [-0.2, 0) is 11.2 Å². The molecule has 0 spiro atoms. The van der Waals surface area contributed by atoms with Crippen LogP contribution in [-0.4, -0.2) is 62.4 Å². The number of hydrogen-bond donors (Lipinski definition) is 1. The molecule has 0 aliphatic carbocycles. The predicted octanol–water partition coefficient (Wildman–Crippen LogP) is 1.28. The number of carbonyl (C=O) groups excluding carboxylic acids is 1. The number of nitrogens with zero attached hydrogens (tertiary/aromatic N) is 3. The van der Waals surface area contributed by atoms with Gasteiger partial charge >= 0.3 is 0 Å². The molecular weight excluding hydrogens is 272 g/mol. The molecule has 0 radical (unpaired) electrons. The van der Waals surface area contributed by atoms with Gasteiger partial charge in [-0.1, -0.05) is 6.07 Å². The molecule has 1 amide bonds. The molecule has 0 aliphatic heterocycles. The second-order valence-electron chi connectivity index (χ2n) is 4.71. The molecule has 0 fully saturated rings. The zero-order valence-corrected chi connectivity index (χ0v) is 13.5. The van der Waals surface area contributed by atoms with Gasteiger partial charge in [-0.2, -0.15) is 0 Å². The van der Waals surface area contributed by atoms with E-state index in [9.17, 15) is 4.79 Å². The van der Waals surface area contributed by atoms with E-state index in [2.05, 4.69) is 32.7 Å². The smallest absolute Gasteiger partial charge is 0.243 e. The van der Waals surface area contributed by atoms with Crippen LogP contribution in [0.25, 0.3) is 0 Å². The van der Waals surface area contributed by atoms with E-state index in [4.69, 9.17) is 0 Å². The third-order valence-corrected chi connectivity index (χ3v) is 3.77. The molecule has 6 heteroatoms. The van der Waals surface area contributed by atoms with Gasteiger partial charge < -0.3 is 15.1 Å². The first kappa shape index (κ1) is 16.5. The van der Waals surface area contributed by atoms with Gasteiger partial charge in [0.1, 0.15) is 6.54 Å². The van der Waals surface area contributed by atoms with Crippen molar-refractivity contribution in [3.63, 3.8) is 0 Å². The van der Waals surface area contributed by atoms with Gasteiger partial charge in [-0.3, -0.25) is 4.79 Å². The third kappa shape index (κ3) is 5.61. The van der Waals surface area contributed by atoms with Crippen molar-refractivity contribution in [2.75, 3.05) is 40.8 Å². The molecule has 1 heterocycles. The van der Waals surface area contributed by atoms with Gasteiger partial charge in [0.25, 0.3) is 0 Å². The molecule has 1 aromatic heterocycles. The van der Waals surface area contributed by atoms with Crippen LogP contribution in [0.1, 0.15) is 11.8 Å². The Morgan fingerprint density at radius 1 is 1.40 bits per heavy atom. The lowest BCUT2D eigenvalue weighted by Gasteiger charge is -2.22. The van der Waals surface area contributed by atoms with Gasteiger partial charge in [0, 0.05) is 39.1 Å². The summed E-state index contributed by atoms with van der Waals surface area (Å²) < 4.78 is 0. The lowest BCUT2D eigenvalue weighted by Crippen LogP contribution is -2.40. The molecule has 5 nitrogen and oxygen atoms in total. The Labute approximate surface area is 125 Å². The summed E-state index contributed by atoms with van der Waals surface area (Å²) in [6, 6.07) is 4.20. The van der Waals surface area contributed by atoms with Crippen LogP contribution < -0.4 is 5.32 Å². The first-order valence-corrected chi connectivity index (χ1v) is 7.64. The SMILES string of the molecule is CCNC(=NCC(=O)N(C)C)N(C)CCc1cccs1. The van der Waals surface area contributed by atoms with Crippen LogP contribution in [0.5, 0.6) is 0 Å². The Bertz CT molecular complexity index is 428. The number of guanidine groups is 1. The van der Waals surface area contributed by atoms with E-state index < -0.39 is 0 Å². The van der Waals surface area contributed by atoms with Crippen LogP contribution >= 0.6 is 11.3 Å². The van der Waals surface area contributed by atoms with Crippen LogP contribution in [0.4, 0.5) is 0 Å². The van der Waals surface area contributed by atoms with Gasteiger partial charge in [0.05, 0.1) is 0 Å². The van der Waals surface area contributed by atoms with E-state index in [1.807, 2.05) is 14.0 Å². The highest BCUT2D eigenvalue weighted by Crippen LogP contribution is 2.09. The zero-order valence-electron chi connectivity index (χ0n) is 12.7. The molecule has 0 aliphatic rings. The Morgan fingerprint density at radius 2 is 2.15 bits per heavy atom. The van der Waals surface area contributed by atoms with E-state index in [1.165, 1.54) is 4.88 Å². The fourth-order valence-corrected chi connectivity index (χ4v) is 2.29. The number of aliphatic imine (C=N–C) groups is 1. The maximum atomic E-state index is 11.6. The molecule has 112 valence electrons. The lowest BCUT2D eigenvalue weighted by molar-refractivity contribution is -0.127. The first-order chi connectivity index (χ1) is 9.54. The highest BCUT2D eigenvalue weighted by molar-refractivity contribution is 7.09. The zero-order chi connectivity index (χ0) is 15.0. The molecule has 20 heavy (non-hydrogen) atoms. The maximum Gasteiger partial charge on any atom is 0.243 e. The monoisotopic (exact) mass is 296 g/mol. The van der Waals surface area contributed by atoms with Gasteiger partial charge in [-0.25, -0.2) is 4.99 Å². The third-order valence-electron chi connectivity index (χ3n) is 2.83. The highest BCUT2D eigenvalue weighted by Gasteiger charge is 2.08. The number of likely N-dealkylation sites (N-methyl/N-ethyl adjacent to an activating group) is 2. The quantitative estimate of drug-likeness (QED) is 0.635. The molecule has 0 saturated carbocycles. The minimum Gasteiger partial charge on any atom is -0.357 e. The highest BCUT2D eigenvalue weighted by atomic mass is 32.1. The van der Waals surface area contributed by atoms with Gasteiger partial charge in [0.15, 0.2) is 5.96 Å². The van der Waals surface area contributed by atoms with Crippen molar-refractivity contribution in [1.29, 1.82) is 0 Å². The number of hydrogen-bond acceptors (Lipinski definition) is 3. The van der Waals surface area contributed by atoms with Crippen LogP contribution in [0.15, 0.2) is 22.5 Å². The van der Waals surface area contributed by atoms with Gasteiger partial charge in [0.2, 0.25) is 5.91 Å². The number of nitrogens with one attached hydrogen (secondary N) is 1. The number of amides is 1. The molecule has 0 bridgehead atoms. The van der Waals surface area contributed by atoms with Crippen molar-refractivity contribution in [3.05, 3.63) is 22.4 Å². The summed E-state index contributed by atoms with van der Waals surface area (Å²) in [5, 5.41) is 5.30. The van der Waals surface area contributed by atoms with E-state index in [-0.39, 0.29) is 12.5 Å². The molecule has 0 atom stereocenters. The van der Waals surface area contributed by atoms with Crippen LogP contribution in [0.2, 0.25) is 0 Å². The second kappa shape index (κ2) is 8.58. The largest absolute Gasteiger partial charge is 0.357 e. The normalized spacial score (nSPS) is 11.3. The average Bonchev–Trinajstić information content (AvgIpc) is 2.93. The van der Waals surface area contributed by atoms with Gasteiger partial charge in [-0.15, -0.1) is 11.3 Å². The van der Waals surface area contributed by atoms with Crippen molar-refractivity contribution in [2.24, 2.45) is 4.99 Å². The average molecular weight is 296 g/mol. The number of rotatable bonds is 6. The summed E-state index contributed by atoms with van der Waals surface area (Å²) in [6.45, 7) is 3.87. The van der Waals surface area contributed by atoms with Gasteiger partial charge in [-0.05, 0) is 24.8 Å². The van der Waals surface area contributed by atoms with Crippen molar-refractivity contribution in [3.8, 4) is 0 Å². The van der Waals surface area contributed by atoms with Crippen LogP contribution in [0, 0.1) is 0 Å². The standard InChI is InChI=1S/C14H24N4OS/c1-5-15-14(16-11-13(19)17(2)3)18(4)9-8-12-7-6-10-20-12/h6-7,10H,5,8-9,11H2,1-4H3,(H,15,16). The summed E-state index contributed by atoms with van der Waals surface area (Å²) in [5.74, 6) is 0.784. The minimum atomic E-state index is 0.00654. The van der Waals surface area contributed by atoms with Crippen molar-refractivity contribution < 1.29 is 4.79 Å². The molecule has 1 rings (SSSR count). The topological polar surface area (TPSA) is 47.9 Å². The Kier molecular flexibility index (Phi) is 7.08. The fourth-order valence-electron chi connectivity index (χ4n) is 1.59. The molecule has 0 aromatic carbocycles. The van der Waals surface area contributed by atoms with Crippen molar-refractivity contribution in [1.82, 2.24) is 15.1 Å². The summed E-state index contributed by atoms with van der Waals surface area (Å²) in [4.78, 5) is 20.9. The van der Waals surface area contributed by atoms with Crippen molar-refractivity contribution >= 4 is 23.2 Å². The molecule has 1 N–H and O–H groups in total. The van der Waals surface area contributed by atoms with E-state index in [0.717, 1.165) is 25.5 Å². The molecule has 0 saturated heterocycles. The first-order valence-electron chi connectivity index (χ1n) is 6.76. The molecular formula is C14H24N4OS. The summed E-state index contributed by atoms with van der Waals surface area (Å²) in [7, 11) is 5.48. The summed E-state index contributed by atoms with van der Waals surface area (Å²) >= 11 is 1.76. The summed E-state index contributed by atoms with van der Waals surface area (Å²) in [6.07, 6.45) is 0.986. The second-order valence-corrected chi connectivity index (χ2v) is 5.74. The number of thiophene rings is 1. The molecule has 1 aromatic rings. The molecule has 0 unspecified atom stereocenters. The Morgan fingerprint density at radius 3 is 2.70 bits per heavy atom. The van der Waals surface area contributed by atoms with E-state index in [0.29, 0.717) is 0 Å². The van der Waals surface area contributed by atoms with E-state index in [1.54, 1.807) is 30.3 Å².